The van der Waals surface area contributed by atoms with E-state index >= 15 is 0 Å². The standard InChI is InChI=1S/C13H18N2O5S/c1-9-3-5-10(6-4-9)21(19,20)15-11(13(17)18)7-8-12(16)14-2/h3-6,11,15H,7-8H2,1-2H3,(H,14,16)(H,17,18). The van der Waals surface area contributed by atoms with Gasteiger partial charge < -0.3 is 10.4 Å². The maximum absolute atomic E-state index is 12.1. The molecule has 0 aliphatic heterocycles. The topological polar surface area (TPSA) is 113 Å². The molecule has 3 N–H and O–H groups in total. The van der Waals surface area contributed by atoms with Gasteiger partial charge in [-0.25, -0.2) is 8.42 Å². The summed E-state index contributed by atoms with van der Waals surface area (Å²) in [7, 11) is -2.51. The fourth-order valence-corrected chi connectivity index (χ4v) is 2.83. The number of benzene rings is 1. The molecule has 116 valence electrons. The van der Waals surface area contributed by atoms with Gasteiger partial charge >= 0.3 is 5.97 Å². The van der Waals surface area contributed by atoms with Crippen LogP contribution < -0.4 is 10.0 Å². The molecule has 1 unspecified atom stereocenters. The van der Waals surface area contributed by atoms with Crippen LogP contribution in [0, 0.1) is 6.92 Å². The third-order valence-electron chi connectivity index (χ3n) is 2.87. The summed E-state index contributed by atoms with van der Waals surface area (Å²) in [6.45, 7) is 1.81. The van der Waals surface area contributed by atoms with Crippen LogP contribution in [-0.2, 0) is 19.6 Å². The Balaban J connectivity index is 2.84. The van der Waals surface area contributed by atoms with Crippen molar-refractivity contribution < 1.29 is 23.1 Å². The highest BCUT2D eigenvalue weighted by Crippen LogP contribution is 2.12. The summed E-state index contributed by atoms with van der Waals surface area (Å²) < 4.78 is 26.3. The van der Waals surface area contributed by atoms with Gasteiger partial charge in [-0.1, -0.05) is 17.7 Å². The van der Waals surface area contributed by atoms with Crippen LogP contribution in [0.5, 0.6) is 0 Å². The Labute approximate surface area is 123 Å². The molecule has 7 nitrogen and oxygen atoms in total. The quantitative estimate of drug-likeness (QED) is 0.668. The second kappa shape index (κ2) is 7.19. The van der Waals surface area contributed by atoms with Crippen LogP contribution >= 0.6 is 0 Å². The van der Waals surface area contributed by atoms with E-state index in [0.29, 0.717) is 0 Å². The van der Waals surface area contributed by atoms with E-state index < -0.39 is 22.0 Å². The van der Waals surface area contributed by atoms with E-state index in [0.717, 1.165) is 5.56 Å². The minimum absolute atomic E-state index is 0.0145. The number of carbonyl (C=O) groups excluding carboxylic acids is 1. The van der Waals surface area contributed by atoms with E-state index in [1.165, 1.54) is 19.2 Å². The summed E-state index contributed by atoms with van der Waals surface area (Å²) in [4.78, 5) is 22.2. The van der Waals surface area contributed by atoms with Crippen LogP contribution in [0.2, 0.25) is 0 Å². The molecular weight excluding hydrogens is 296 g/mol. The summed E-state index contributed by atoms with van der Waals surface area (Å²) in [5.41, 5.74) is 0.892. The van der Waals surface area contributed by atoms with Gasteiger partial charge in [-0.15, -0.1) is 0 Å². The van der Waals surface area contributed by atoms with E-state index in [1.54, 1.807) is 12.1 Å². The molecule has 0 bridgehead atoms. The number of hydrogen-bond acceptors (Lipinski definition) is 4. The number of carbonyl (C=O) groups is 2. The number of rotatable bonds is 7. The average molecular weight is 314 g/mol. The molecule has 0 aromatic heterocycles. The highest BCUT2D eigenvalue weighted by molar-refractivity contribution is 7.89. The van der Waals surface area contributed by atoms with Gasteiger partial charge in [0.15, 0.2) is 0 Å². The fraction of sp³-hybridized carbons (Fsp3) is 0.385. The minimum Gasteiger partial charge on any atom is -0.480 e. The number of amides is 1. The lowest BCUT2D eigenvalue weighted by Crippen LogP contribution is -2.41. The van der Waals surface area contributed by atoms with Crippen molar-refractivity contribution in [3.8, 4) is 0 Å². The van der Waals surface area contributed by atoms with Crippen molar-refractivity contribution in [2.75, 3.05) is 7.05 Å². The average Bonchev–Trinajstić information content (AvgIpc) is 2.43. The summed E-state index contributed by atoms with van der Waals surface area (Å²) in [6.07, 6.45) is -0.204. The molecule has 0 saturated carbocycles. The molecule has 0 aliphatic carbocycles. The Kier molecular flexibility index (Phi) is 5.86. The van der Waals surface area contributed by atoms with Crippen LogP contribution in [0.4, 0.5) is 0 Å². The van der Waals surface area contributed by atoms with Crippen LogP contribution in [0.3, 0.4) is 0 Å². The molecule has 1 amide bonds. The number of sulfonamides is 1. The van der Waals surface area contributed by atoms with Gasteiger partial charge in [0.25, 0.3) is 0 Å². The first-order valence-electron chi connectivity index (χ1n) is 6.28. The second-order valence-corrected chi connectivity index (χ2v) is 6.25. The summed E-state index contributed by atoms with van der Waals surface area (Å²) in [5.74, 6) is -1.68. The molecule has 0 heterocycles. The highest BCUT2D eigenvalue weighted by Gasteiger charge is 2.25. The third-order valence-corrected chi connectivity index (χ3v) is 4.35. The molecule has 1 rings (SSSR count). The fourth-order valence-electron chi connectivity index (χ4n) is 1.61. The zero-order valence-corrected chi connectivity index (χ0v) is 12.6. The Morgan fingerprint density at radius 2 is 1.81 bits per heavy atom. The van der Waals surface area contributed by atoms with E-state index in [4.69, 9.17) is 5.11 Å². The normalized spacial score (nSPS) is 12.7. The monoisotopic (exact) mass is 314 g/mol. The number of aliphatic carboxylic acids is 1. The number of aryl methyl sites for hydroxylation is 1. The predicted molar refractivity (Wildman–Crippen MR) is 76.2 cm³/mol. The van der Waals surface area contributed by atoms with Crippen LogP contribution in [0.15, 0.2) is 29.2 Å². The first kappa shape index (κ1) is 17.1. The lowest BCUT2D eigenvalue weighted by molar-refractivity contribution is -0.139. The molecule has 1 atom stereocenters. The van der Waals surface area contributed by atoms with Crippen molar-refractivity contribution >= 4 is 21.9 Å². The van der Waals surface area contributed by atoms with Gasteiger partial charge in [0.05, 0.1) is 4.90 Å². The Morgan fingerprint density at radius 1 is 1.24 bits per heavy atom. The van der Waals surface area contributed by atoms with Gasteiger partial charge in [-0.05, 0) is 25.5 Å². The molecule has 1 aromatic rings. The van der Waals surface area contributed by atoms with Crippen LogP contribution in [0.25, 0.3) is 0 Å². The Morgan fingerprint density at radius 3 is 2.29 bits per heavy atom. The molecule has 1 aromatic carbocycles. The lowest BCUT2D eigenvalue weighted by atomic mass is 10.1. The van der Waals surface area contributed by atoms with Crippen molar-refractivity contribution in [3.63, 3.8) is 0 Å². The summed E-state index contributed by atoms with van der Waals surface area (Å²) in [6, 6.07) is 4.68. The molecule has 0 spiro atoms. The van der Waals surface area contributed by atoms with E-state index in [1.807, 2.05) is 6.92 Å². The zero-order valence-electron chi connectivity index (χ0n) is 11.8. The van der Waals surface area contributed by atoms with Crippen molar-refractivity contribution in [3.05, 3.63) is 29.8 Å². The summed E-state index contributed by atoms with van der Waals surface area (Å²) in [5, 5.41) is 11.4. The van der Waals surface area contributed by atoms with Crippen LogP contribution in [0.1, 0.15) is 18.4 Å². The van der Waals surface area contributed by atoms with Gasteiger partial charge in [0.2, 0.25) is 15.9 Å². The lowest BCUT2D eigenvalue weighted by Gasteiger charge is -2.14. The Hall–Kier alpha value is -1.93. The van der Waals surface area contributed by atoms with Crippen molar-refractivity contribution in [2.45, 2.75) is 30.7 Å². The maximum atomic E-state index is 12.1. The van der Waals surface area contributed by atoms with Crippen molar-refractivity contribution in [1.82, 2.24) is 10.0 Å². The first-order chi connectivity index (χ1) is 9.76. The molecule has 0 radical (unpaired) electrons. The predicted octanol–water partition coefficient (Wildman–Crippen LogP) is 0.253. The largest absolute Gasteiger partial charge is 0.480 e. The molecule has 0 aliphatic rings. The Bertz CT molecular complexity index is 610. The number of hydrogen-bond donors (Lipinski definition) is 3. The van der Waals surface area contributed by atoms with Gasteiger partial charge in [0.1, 0.15) is 6.04 Å². The number of carboxylic acid groups (broad SMARTS) is 1. The molecular formula is C13H18N2O5S. The van der Waals surface area contributed by atoms with Gasteiger partial charge in [0, 0.05) is 13.5 Å². The first-order valence-corrected chi connectivity index (χ1v) is 7.77. The SMILES string of the molecule is CNC(=O)CCC(NS(=O)(=O)c1ccc(C)cc1)C(=O)O. The number of carboxylic acids is 1. The zero-order chi connectivity index (χ0) is 16.0. The van der Waals surface area contributed by atoms with Crippen LogP contribution in [-0.4, -0.2) is 38.5 Å². The van der Waals surface area contributed by atoms with E-state index in [-0.39, 0.29) is 23.6 Å². The minimum atomic E-state index is -3.94. The van der Waals surface area contributed by atoms with Crippen molar-refractivity contribution in [2.24, 2.45) is 0 Å². The molecule has 21 heavy (non-hydrogen) atoms. The third kappa shape index (κ3) is 5.16. The van der Waals surface area contributed by atoms with Gasteiger partial charge in [-0.2, -0.15) is 4.72 Å². The van der Waals surface area contributed by atoms with E-state index in [2.05, 4.69) is 10.0 Å². The second-order valence-electron chi connectivity index (χ2n) is 4.54. The van der Waals surface area contributed by atoms with Gasteiger partial charge in [-0.3, -0.25) is 9.59 Å². The molecule has 0 fully saturated rings. The highest BCUT2D eigenvalue weighted by atomic mass is 32.2. The maximum Gasteiger partial charge on any atom is 0.321 e. The molecule has 0 saturated heterocycles. The number of nitrogens with one attached hydrogen (secondary N) is 2. The van der Waals surface area contributed by atoms with Crippen molar-refractivity contribution in [1.29, 1.82) is 0 Å². The smallest absolute Gasteiger partial charge is 0.321 e. The molecule has 8 heteroatoms. The summed E-state index contributed by atoms with van der Waals surface area (Å²) >= 11 is 0. The van der Waals surface area contributed by atoms with E-state index in [9.17, 15) is 18.0 Å².